The first-order chi connectivity index (χ1) is 10.1. The summed E-state index contributed by atoms with van der Waals surface area (Å²) in [6.07, 6.45) is 3.15. The number of pyridine rings is 1. The van der Waals surface area contributed by atoms with Crippen LogP contribution in [-0.2, 0) is 0 Å². The first-order valence-electron chi connectivity index (χ1n) is 7.42. The third kappa shape index (κ3) is 3.18. The van der Waals surface area contributed by atoms with Gasteiger partial charge in [0.2, 0.25) is 0 Å². The summed E-state index contributed by atoms with van der Waals surface area (Å²) >= 11 is 6.12. The quantitative estimate of drug-likeness (QED) is 0.879. The molecule has 0 spiro atoms. The third-order valence-electron chi connectivity index (χ3n) is 4.12. The van der Waals surface area contributed by atoms with Crippen molar-refractivity contribution in [2.75, 3.05) is 6.54 Å². The molecule has 0 bridgehead atoms. The van der Waals surface area contributed by atoms with E-state index >= 15 is 0 Å². The second-order valence-electron chi connectivity index (χ2n) is 5.81. The van der Waals surface area contributed by atoms with Crippen LogP contribution in [0.3, 0.4) is 0 Å². The lowest BCUT2D eigenvalue weighted by molar-refractivity contribution is 0.0949. The van der Waals surface area contributed by atoms with E-state index in [1.807, 2.05) is 37.3 Å². The number of carbonyl (C=O) groups excluding carboxylic acids is 1. The largest absolute Gasteiger partial charge is 0.352 e. The van der Waals surface area contributed by atoms with Crippen LogP contribution in [0.2, 0.25) is 0 Å². The van der Waals surface area contributed by atoms with Gasteiger partial charge in [-0.1, -0.05) is 18.2 Å². The Morgan fingerprint density at radius 2 is 2.19 bits per heavy atom. The highest BCUT2D eigenvalue weighted by atomic mass is 35.5. The number of hydrogen-bond acceptors (Lipinski definition) is 2. The molecule has 2 aromatic rings. The molecule has 1 N–H and O–H groups in total. The molecule has 1 aromatic carbocycles. The first-order valence-corrected chi connectivity index (χ1v) is 7.86. The van der Waals surface area contributed by atoms with Crippen molar-refractivity contribution >= 4 is 28.4 Å². The maximum Gasteiger partial charge on any atom is 0.252 e. The fourth-order valence-electron chi connectivity index (χ4n) is 3.03. The molecule has 1 saturated carbocycles. The molecular formula is C17H19ClN2O. The van der Waals surface area contributed by atoms with Crippen LogP contribution in [0.4, 0.5) is 0 Å². The molecule has 1 aromatic heterocycles. The Morgan fingerprint density at radius 3 is 2.95 bits per heavy atom. The highest BCUT2D eigenvalue weighted by Crippen LogP contribution is 2.29. The van der Waals surface area contributed by atoms with E-state index in [1.54, 1.807) is 0 Å². The number of fused-ring (bicyclic) bond motifs is 1. The maximum atomic E-state index is 12.5. The standard InChI is InChI=1S/C17H19ClN2O/c1-11-8-15(14-4-2-3-5-16(14)20-11)17(21)19-10-12-6-7-13(18)9-12/h2-5,8,12-13H,6-7,9-10H2,1H3,(H,19,21). The summed E-state index contributed by atoms with van der Waals surface area (Å²) in [7, 11) is 0. The maximum absolute atomic E-state index is 12.5. The number of hydrogen-bond donors (Lipinski definition) is 1. The summed E-state index contributed by atoms with van der Waals surface area (Å²) in [5.41, 5.74) is 2.43. The second-order valence-corrected chi connectivity index (χ2v) is 6.43. The van der Waals surface area contributed by atoms with Gasteiger partial charge in [0.05, 0.1) is 11.1 Å². The van der Waals surface area contributed by atoms with E-state index in [4.69, 9.17) is 11.6 Å². The molecule has 1 aliphatic carbocycles. The van der Waals surface area contributed by atoms with Crippen molar-refractivity contribution in [3.63, 3.8) is 0 Å². The van der Waals surface area contributed by atoms with Crippen molar-refractivity contribution in [1.82, 2.24) is 10.3 Å². The van der Waals surface area contributed by atoms with E-state index in [0.717, 1.165) is 35.9 Å². The van der Waals surface area contributed by atoms with Crippen LogP contribution < -0.4 is 5.32 Å². The Hall–Kier alpha value is -1.61. The lowest BCUT2D eigenvalue weighted by Gasteiger charge is -2.12. The van der Waals surface area contributed by atoms with Crippen molar-refractivity contribution in [2.24, 2.45) is 5.92 Å². The van der Waals surface area contributed by atoms with Crippen molar-refractivity contribution in [1.29, 1.82) is 0 Å². The Kier molecular flexibility index (Phi) is 4.11. The number of nitrogens with one attached hydrogen (secondary N) is 1. The number of alkyl halides is 1. The van der Waals surface area contributed by atoms with Gasteiger partial charge in [-0.05, 0) is 44.2 Å². The molecule has 0 radical (unpaired) electrons. The Labute approximate surface area is 129 Å². The lowest BCUT2D eigenvalue weighted by atomic mass is 10.1. The molecule has 3 nitrogen and oxygen atoms in total. The molecule has 2 atom stereocenters. The van der Waals surface area contributed by atoms with Crippen molar-refractivity contribution in [2.45, 2.75) is 31.6 Å². The zero-order valence-corrected chi connectivity index (χ0v) is 12.9. The molecule has 4 heteroatoms. The van der Waals surface area contributed by atoms with Crippen molar-refractivity contribution in [3.8, 4) is 0 Å². The molecule has 0 saturated heterocycles. The van der Waals surface area contributed by atoms with Gasteiger partial charge >= 0.3 is 0 Å². The molecule has 1 aliphatic rings. The average molecular weight is 303 g/mol. The van der Waals surface area contributed by atoms with E-state index in [9.17, 15) is 4.79 Å². The van der Waals surface area contributed by atoms with Crippen molar-refractivity contribution < 1.29 is 4.79 Å². The van der Waals surface area contributed by atoms with Gasteiger partial charge in [-0.3, -0.25) is 9.78 Å². The molecule has 2 unspecified atom stereocenters. The van der Waals surface area contributed by atoms with Gasteiger partial charge < -0.3 is 5.32 Å². The van der Waals surface area contributed by atoms with Crippen LogP contribution in [0, 0.1) is 12.8 Å². The zero-order chi connectivity index (χ0) is 14.8. The Balaban J connectivity index is 1.78. The molecule has 21 heavy (non-hydrogen) atoms. The fourth-order valence-corrected chi connectivity index (χ4v) is 3.41. The molecule has 1 heterocycles. The molecule has 0 aliphatic heterocycles. The Bertz CT molecular complexity index is 671. The van der Waals surface area contributed by atoms with E-state index in [2.05, 4.69) is 10.3 Å². The average Bonchev–Trinajstić information content (AvgIpc) is 2.89. The van der Waals surface area contributed by atoms with Gasteiger partial charge in [0, 0.05) is 23.0 Å². The Morgan fingerprint density at radius 1 is 1.38 bits per heavy atom. The van der Waals surface area contributed by atoms with E-state index < -0.39 is 0 Å². The number of amides is 1. The monoisotopic (exact) mass is 302 g/mol. The van der Waals surface area contributed by atoms with Gasteiger partial charge in [-0.25, -0.2) is 0 Å². The van der Waals surface area contributed by atoms with E-state index in [-0.39, 0.29) is 11.3 Å². The van der Waals surface area contributed by atoms with Crippen LogP contribution in [0.5, 0.6) is 0 Å². The fraction of sp³-hybridized carbons (Fsp3) is 0.412. The van der Waals surface area contributed by atoms with Crippen molar-refractivity contribution in [3.05, 3.63) is 41.6 Å². The van der Waals surface area contributed by atoms with Gasteiger partial charge in [-0.15, -0.1) is 11.6 Å². The smallest absolute Gasteiger partial charge is 0.252 e. The molecular weight excluding hydrogens is 284 g/mol. The van der Waals surface area contributed by atoms with Gasteiger partial charge in [0.15, 0.2) is 0 Å². The first kappa shape index (κ1) is 14.3. The van der Waals surface area contributed by atoms with Gasteiger partial charge in [-0.2, -0.15) is 0 Å². The predicted octanol–water partition coefficient (Wildman–Crippen LogP) is 3.68. The van der Waals surface area contributed by atoms with E-state index in [1.165, 1.54) is 0 Å². The molecule has 1 fully saturated rings. The minimum absolute atomic E-state index is 0.0188. The van der Waals surface area contributed by atoms with Gasteiger partial charge in [0.1, 0.15) is 0 Å². The van der Waals surface area contributed by atoms with Crippen LogP contribution in [0.1, 0.15) is 35.3 Å². The third-order valence-corrected chi connectivity index (χ3v) is 4.51. The lowest BCUT2D eigenvalue weighted by Crippen LogP contribution is -2.28. The van der Waals surface area contributed by atoms with Crippen LogP contribution in [0.15, 0.2) is 30.3 Å². The number of rotatable bonds is 3. The minimum atomic E-state index is -0.0188. The normalized spacial score (nSPS) is 21.6. The highest BCUT2D eigenvalue weighted by molar-refractivity contribution is 6.20. The topological polar surface area (TPSA) is 42.0 Å². The molecule has 1 amide bonds. The van der Waals surface area contributed by atoms with Crippen LogP contribution in [-0.4, -0.2) is 22.8 Å². The summed E-state index contributed by atoms with van der Waals surface area (Å²) in [6, 6.07) is 9.62. The SMILES string of the molecule is Cc1cc(C(=O)NCC2CCC(Cl)C2)c2ccccc2n1. The summed E-state index contributed by atoms with van der Waals surface area (Å²) in [5.74, 6) is 0.486. The number of para-hydroxylation sites is 1. The van der Waals surface area contributed by atoms with Crippen LogP contribution in [0.25, 0.3) is 10.9 Å². The predicted molar refractivity (Wildman–Crippen MR) is 85.8 cm³/mol. The number of carbonyl (C=O) groups is 1. The summed E-state index contributed by atoms with van der Waals surface area (Å²) < 4.78 is 0. The summed E-state index contributed by atoms with van der Waals surface area (Å²) in [6.45, 7) is 2.62. The number of nitrogens with zero attached hydrogens (tertiary/aromatic N) is 1. The number of benzene rings is 1. The minimum Gasteiger partial charge on any atom is -0.352 e. The molecule has 3 rings (SSSR count). The van der Waals surface area contributed by atoms with E-state index in [0.29, 0.717) is 18.0 Å². The second kappa shape index (κ2) is 6.02. The van der Waals surface area contributed by atoms with Gasteiger partial charge in [0.25, 0.3) is 5.91 Å². The number of halogens is 1. The number of aryl methyl sites for hydroxylation is 1. The molecule has 110 valence electrons. The summed E-state index contributed by atoms with van der Waals surface area (Å²) in [5, 5.41) is 4.23. The summed E-state index contributed by atoms with van der Waals surface area (Å²) in [4.78, 5) is 16.9. The highest BCUT2D eigenvalue weighted by Gasteiger charge is 2.23. The number of aromatic nitrogens is 1. The zero-order valence-electron chi connectivity index (χ0n) is 12.1. The van der Waals surface area contributed by atoms with Crippen LogP contribution >= 0.6 is 11.6 Å².